The molecule has 0 aliphatic carbocycles. The molecule has 2 aromatic rings. The minimum Gasteiger partial charge on any atom is -0.504 e. The molecule has 0 bridgehead atoms. The number of hydrogen-bond donors (Lipinski definition) is 2. The van der Waals surface area contributed by atoms with Gasteiger partial charge in [-0.25, -0.2) is 9.97 Å². The van der Waals surface area contributed by atoms with Crippen LogP contribution in [0.1, 0.15) is 0 Å². The highest BCUT2D eigenvalue weighted by Crippen LogP contribution is 2.29. The van der Waals surface area contributed by atoms with E-state index < -0.39 is 0 Å². The van der Waals surface area contributed by atoms with Gasteiger partial charge in [-0.2, -0.15) is 0 Å². The van der Waals surface area contributed by atoms with E-state index in [1.54, 1.807) is 24.4 Å². The topological polar surface area (TPSA) is 81.3 Å². The number of phenols is 1. The molecule has 0 amide bonds. The Hall–Kier alpha value is -2.30. The van der Waals surface area contributed by atoms with Crippen LogP contribution < -0.4 is 10.5 Å². The number of nitrogens with two attached hydrogens (primary N) is 1. The van der Waals surface area contributed by atoms with Crippen LogP contribution in [0.2, 0.25) is 0 Å². The quantitative estimate of drug-likeness (QED) is 0.795. The second-order valence-corrected chi connectivity index (χ2v) is 3.19. The smallest absolute Gasteiger partial charge is 0.161 e. The number of aromatic hydroxyl groups is 1. The van der Waals surface area contributed by atoms with E-state index in [1.807, 2.05) is 0 Å². The van der Waals surface area contributed by atoms with Gasteiger partial charge in [-0.05, 0) is 24.3 Å². The predicted molar refractivity (Wildman–Crippen MR) is 60.1 cm³/mol. The molecule has 1 aromatic carbocycles. The Kier molecular flexibility index (Phi) is 2.59. The van der Waals surface area contributed by atoms with E-state index in [0.717, 1.165) is 0 Å². The number of benzene rings is 1. The van der Waals surface area contributed by atoms with Crippen molar-refractivity contribution in [1.29, 1.82) is 0 Å². The van der Waals surface area contributed by atoms with Gasteiger partial charge < -0.3 is 15.6 Å². The Morgan fingerprint density at radius 1 is 1.31 bits per heavy atom. The molecule has 0 saturated carbocycles. The fourth-order valence-electron chi connectivity index (χ4n) is 1.34. The summed E-state index contributed by atoms with van der Waals surface area (Å²) < 4.78 is 4.94. The first kappa shape index (κ1) is 10.2. The monoisotopic (exact) mass is 217 g/mol. The molecular formula is C11H11N3O2. The van der Waals surface area contributed by atoms with Crippen molar-refractivity contribution in [3.05, 3.63) is 30.5 Å². The molecule has 0 aliphatic heterocycles. The Labute approximate surface area is 92.5 Å². The first-order valence-electron chi connectivity index (χ1n) is 4.66. The van der Waals surface area contributed by atoms with Gasteiger partial charge in [-0.15, -0.1) is 0 Å². The van der Waals surface area contributed by atoms with E-state index in [0.29, 0.717) is 23.0 Å². The molecule has 0 atom stereocenters. The van der Waals surface area contributed by atoms with E-state index in [4.69, 9.17) is 10.5 Å². The minimum atomic E-state index is 0.0472. The summed E-state index contributed by atoms with van der Waals surface area (Å²) in [6.45, 7) is 0. The summed E-state index contributed by atoms with van der Waals surface area (Å²) >= 11 is 0. The molecule has 82 valence electrons. The van der Waals surface area contributed by atoms with E-state index >= 15 is 0 Å². The molecule has 0 aliphatic rings. The zero-order valence-electron chi connectivity index (χ0n) is 8.71. The summed E-state index contributed by atoms with van der Waals surface area (Å²) in [7, 11) is 1.49. The molecular weight excluding hydrogens is 206 g/mol. The lowest BCUT2D eigenvalue weighted by molar-refractivity contribution is 0.373. The van der Waals surface area contributed by atoms with Crippen LogP contribution in [0.5, 0.6) is 11.5 Å². The van der Waals surface area contributed by atoms with Crippen LogP contribution in [0.25, 0.3) is 11.4 Å². The Bertz CT molecular complexity index is 514. The molecule has 5 heteroatoms. The highest BCUT2D eigenvalue weighted by molar-refractivity contribution is 5.61. The highest BCUT2D eigenvalue weighted by Gasteiger charge is 2.06. The van der Waals surface area contributed by atoms with Crippen LogP contribution in [0.15, 0.2) is 30.5 Å². The summed E-state index contributed by atoms with van der Waals surface area (Å²) in [6.07, 6.45) is 1.57. The molecule has 3 N–H and O–H groups in total. The maximum absolute atomic E-state index is 9.61. The van der Waals surface area contributed by atoms with Crippen LogP contribution in [-0.2, 0) is 0 Å². The van der Waals surface area contributed by atoms with Gasteiger partial charge in [0.05, 0.1) is 7.11 Å². The Morgan fingerprint density at radius 3 is 2.75 bits per heavy atom. The Balaban J connectivity index is 2.45. The summed E-state index contributed by atoms with van der Waals surface area (Å²) in [5.41, 5.74) is 6.24. The van der Waals surface area contributed by atoms with Crippen LogP contribution >= 0.6 is 0 Å². The minimum absolute atomic E-state index is 0.0472. The molecule has 16 heavy (non-hydrogen) atoms. The first-order valence-corrected chi connectivity index (χ1v) is 4.66. The lowest BCUT2D eigenvalue weighted by Gasteiger charge is -2.05. The zero-order chi connectivity index (χ0) is 11.5. The number of ether oxygens (including phenoxy) is 1. The van der Waals surface area contributed by atoms with Gasteiger partial charge in [0.1, 0.15) is 5.82 Å². The van der Waals surface area contributed by atoms with Crippen LogP contribution in [-0.4, -0.2) is 22.2 Å². The predicted octanol–water partition coefficient (Wildman–Crippen LogP) is 1.44. The number of methoxy groups -OCH3 is 1. The lowest BCUT2D eigenvalue weighted by atomic mass is 10.2. The van der Waals surface area contributed by atoms with Crippen molar-refractivity contribution in [1.82, 2.24) is 9.97 Å². The third-order valence-electron chi connectivity index (χ3n) is 2.11. The van der Waals surface area contributed by atoms with Crippen LogP contribution in [0.3, 0.4) is 0 Å². The number of nitrogens with zero attached hydrogens (tertiary/aromatic N) is 2. The highest BCUT2D eigenvalue weighted by atomic mass is 16.5. The van der Waals surface area contributed by atoms with Gasteiger partial charge in [0.15, 0.2) is 17.3 Å². The SMILES string of the molecule is COc1ccc(-c2nccc(N)n2)cc1O. The van der Waals surface area contributed by atoms with Crippen molar-refractivity contribution in [2.45, 2.75) is 0 Å². The molecule has 0 unspecified atom stereocenters. The van der Waals surface area contributed by atoms with Gasteiger partial charge in [0, 0.05) is 11.8 Å². The van der Waals surface area contributed by atoms with Gasteiger partial charge in [-0.1, -0.05) is 0 Å². The number of hydrogen-bond acceptors (Lipinski definition) is 5. The van der Waals surface area contributed by atoms with Crippen LogP contribution in [0, 0.1) is 0 Å². The number of anilines is 1. The van der Waals surface area contributed by atoms with Gasteiger partial charge in [0.2, 0.25) is 0 Å². The third-order valence-corrected chi connectivity index (χ3v) is 2.11. The van der Waals surface area contributed by atoms with E-state index in [1.165, 1.54) is 13.2 Å². The fourth-order valence-corrected chi connectivity index (χ4v) is 1.34. The van der Waals surface area contributed by atoms with E-state index in [2.05, 4.69) is 9.97 Å². The summed E-state index contributed by atoms with van der Waals surface area (Å²) in [5.74, 6) is 1.32. The summed E-state index contributed by atoms with van der Waals surface area (Å²) in [5, 5.41) is 9.61. The second kappa shape index (κ2) is 4.06. The number of rotatable bonds is 2. The molecule has 2 rings (SSSR count). The standard InChI is InChI=1S/C11H11N3O2/c1-16-9-3-2-7(6-8(9)15)11-13-5-4-10(12)14-11/h2-6,15H,1H3,(H2,12,13,14). The summed E-state index contributed by atoms with van der Waals surface area (Å²) in [6, 6.07) is 6.55. The average Bonchev–Trinajstić information content (AvgIpc) is 2.29. The molecule has 0 radical (unpaired) electrons. The fraction of sp³-hybridized carbons (Fsp3) is 0.0909. The number of aromatic nitrogens is 2. The average molecular weight is 217 g/mol. The number of phenolic OH excluding ortho intramolecular Hbond substituents is 1. The van der Waals surface area contributed by atoms with Crippen molar-refractivity contribution >= 4 is 5.82 Å². The van der Waals surface area contributed by atoms with E-state index in [-0.39, 0.29) is 5.75 Å². The van der Waals surface area contributed by atoms with Gasteiger partial charge in [0.25, 0.3) is 0 Å². The Morgan fingerprint density at radius 2 is 2.12 bits per heavy atom. The normalized spacial score (nSPS) is 10.1. The molecule has 0 saturated heterocycles. The maximum atomic E-state index is 9.61. The van der Waals surface area contributed by atoms with Crippen molar-refractivity contribution < 1.29 is 9.84 Å². The van der Waals surface area contributed by atoms with Crippen molar-refractivity contribution in [2.75, 3.05) is 12.8 Å². The zero-order valence-corrected chi connectivity index (χ0v) is 8.71. The number of nitrogen functional groups attached to an aromatic ring is 1. The van der Waals surface area contributed by atoms with Gasteiger partial charge >= 0.3 is 0 Å². The van der Waals surface area contributed by atoms with Gasteiger partial charge in [-0.3, -0.25) is 0 Å². The molecule has 1 heterocycles. The largest absolute Gasteiger partial charge is 0.504 e. The molecule has 0 spiro atoms. The van der Waals surface area contributed by atoms with Crippen molar-refractivity contribution in [2.24, 2.45) is 0 Å². The van der Waals surface area contributed by atoms with Crippen molar-refractivity contribution in [3.8, 4) is 22.9 Å². The molecule has 1 aromatic heterocycles. The maximum Gasteiger partial charge on any atom is 0.161 e. The first-order chi connectivity index (χ1) is 7.70. The second-order valence-electron chi connectivity index (χ2n) is 3.19. The van der Waals surface area contributed by atoms with Crippen molar-refractivity contribution in [3.63, 3.8) is 0 Å². The molecule has 5 nitrogen and oxygen atoms in total. The summed E-state index contributed by atoms with van der Waals surface area (Å²) in [4.78, 5) is 8.12. The lowest BCUT2D eigenvalue weighted by Crippen LogP contribution is -1.94. The third kappa shape index (κ3) is 1.88. The molecule has 0 fully saturated rings. The van der Waals surface area contributed by atoms with E-state index in [9.17, 15) is 5.11 Å². The van der Waals surface area contributed by atoms with Crippen LogP contribution in [0.4, 0.5) is 5.82 Å².